The molecule has 5 nitrogen and oxygen atoms in total. The molecular formula is C17H19N3O2S. The molecule has 0 aliphatic heterocycles. The minimum absolute atomic E-state index is 0.127. The molecule has 23 heavy (non-hydrogen) atoms. The van der Waals surface area contributed by atoms with Gasteiger partial charge in [0.2, 0.25) is 10.0 Å². The lowest BCUT2D eigenvalue weighted by molar-refractivity contribution is 0.600. The summed E-state index contributed by atoms with van der Waals surface area (Å²) in [6.07, 6.45) is 4.30. The Labute approximate surface area is 135 Å². The van der Waals surface area contributed by atoms with Gasteiger partial charge in [-0.1, -0.05) is 19.1 Å². The third-order valence-electron chi connectivity index (χ3n) is 3.71. The molecule has 0 saturated heterocycles. The van der Waals surface area contributed by atoms with Crippen LogP contribution in [0.25, 0.3) is 22.2 Å². The first kappa shape index (κ1) is 15.6. The molecule has 3 rings (SSSR count). The largest absolute Gasteiger partial charge is 0.346 e. The van der Waals surface area contributed by atoms with Crippen LogP contribution in [0.15, 0.2) is 42.7 Å². The van der Waals surface area contributed by atoms with Crippen molar-refractivity contribution in [2.45, 2.75) is 20.3 Å². The van der Waals surface area contributed by atoms with E-state index in [1.165, 1.54) is 0 Å². The molecular weight excluding hydrogens is 310 g/mol. The Hall–Kier alpha value is -2.34. The number of anilines is 1. The van der Waals surface area contributed by atoms with Crippen LogP contribution in [0.1, 0.15) is 18.9 Å². The van der Waals surface area contributed by atoms with E-state index < -0.39 is 10.0 Å². The molecule has 2 heterocycles. The van der Waals surface area contributed by atoms with Crippen molar-refractivity contribution >= 4 is 26.7 Å². The van der Waals surface area contributed by atoms with E-state index in [-0.39, 0.29) is 5.75 Å². The van der Waals surface area contributed by atoms with Gasteiger partial charge in [-0.25, -0.2) is 13.4 Å². The van der Waals surface area contributed by atoms with Gasteiger partial charge in [-0.05, 0) is 48.2 Å². The van der Waals surface area contributed by atoms with Gasteiger partial charge in [0.1, 0.15) is 5.65 Å². The molecule has 1 aromatic carbocycles. The zero-order valence-corrected chi connectivity index (χ0v) is 13.9. The third-order valence-corrected chi connectivity index (χ3v) is 5.21. The SMILES string of the molecule is CCCS(=O)(=O)Nc1ccc(-c2ccnc3[nH]cc(C)c23)cc1. The average Bonchev–Trinajstić information content (AvgIpc) is 2.89. The maximum atomic E-state index is 11.8. The highest BCUT2D eigenvalue weighted by atomic mass is 32.2. The number of sulfonamides is 1. The second-order valence-corrected chi connectivity index (χ2v) is 7.39. The van der Waals surface area contributed by atoms with E-state index in [4.69, 9.17) is 0 Å². The first-order chi connectivity index (χ1) is 11.0. The first-order valence-corrected chi connectivity index (χ1v) is 9.19. The summed E-state index contributed by atoms with van der Waals surface area (Å²) in [4.78, 5) is 7.48. The number of aromatic amines is 1. The van der Waals surface area contributed by atoms with Crippen LogP contribution in [0.5, 0.6) is 0 Å². The molecule has 2 N–H and O–H groups in total. The molecule has 2 aromatic heterocycles. The van der Waals surface area contributed by atoms with Gasteiger partial charge in [0, 0.05) is 23.5 Å². The summed E-state index contributed by atoms with van der Waals surface area (Å²) in [5.74, 6) is 0.127. The Morgan fingerprint density at radius 3 is 2.61 bits per heavy atom. The zero-order chi connectivity index (χ0) is 16.4. The van der Waals surface area contributed by atoms with Gasteiger partial charge >= 0.3 is 0 Å². The van der Waals surface area contributed by atoms with E-state index in [1.54, 1.807) is 18.3 Å². The van der Waals surface area contributed by atoms with Crippen LogP contribution in [0.4, 0.5) is 5.69 Å². The first-order valence-electron chi connectivity index (χ1n) is 7.54. The molecule has 3 aromatic rings. The van der Waals surface area contributed by atoms with Gasteiger partial charge in [0.05, 0.1) is 5.75 Å². The normalized spacial score (nSPS) is 11.7. The second kappa shape index (κ2) is 6.04. The molecule has 0 unspecified atom stereocenters. The van der Waals surface area contributed by atoms with E-state index in [2.05, 4.69) is 14.7 Å². The maximum absolute atomic E-state index is 11.8. The molecule has 0 aliphatic carbocycles. The number of pyridine rings is 1. The van der Waals surface area contributed by atoms with Gasteiger partial charge in [0.15, 0.2) is 0 Å². The van der Waals surface area contributed by atoms with Crippen LogP contribution < -0.4 is 4.72 Å². The van der Waals surface area contributed by atoms with Crippen LogP contribution in [0.2, 0.25) is 0 Å². The molecule has 6 heteroatoms. The van der Waals surface area contributed by atoms with Gasteiger partial charge in [-0.2, -0.15) is 0 Å². The van der Waals surface area contributed by atoms with E-state index >= 15 is 0 Å². The van der Waals surface area contributed by atoms with Gasteiger partial charge < -0.3 is 4.98 Å². The Kier molecular flexibility index (Phi) is 4.09. The molecule has 0 bridgehead atoms. The number of aryl methyl sites for hydroxylation is 1. The Balaban J connectivity index is 1.94. The lowest BCUT2D eigenvalue weighted by Gasteiger charge is -2.09. The molecule has 0 amide bonds. The Morgan fingerprint density at radius 2 is 1.91 bits per heavy atom. The maximum Gasteiger partial charge on any atom is 0.232 e. The Morgan fingerprint density at radius 1 is 1.17 bits per heavy atom. The summed E-state index contributed by atoms with van der Waals surface area (Å²) in [7, 11) is -3.26. The van der Waals surface area contributed by atoms with Crippen molar-refractivity contribution in [2.24, 2.45) is 0 Å². The number of nitrogens with one attached hydrogen (secondary N) is 2. The van der Waals surface area contributed by atoms with E-state index in [0.717, 1.165) is 27.7 Å². The number of aromatic nitrogens is 2. The van der Waals surface area contributed by atoms with Gasteiger partial charge in [-0.3, -0.25) is 4.72 Å². The van der Waals surface area contributed by atoms with E-state index in [0.29, 0.717) is 12.1 Å². The van der Waals surface area contributed by atoms with Crippen molar-refractivity contribution in [3.05, 3.63) is 48.3 Å². The highest BCUT2D eigenvalue weighted by molar-refractivity contribution is 7.92. The average molecular weight is 329 g/mol. The lowest BCUT2D eigenvalue weighted by atomic mass is 10.0. The molecule has 0 fully saturated rings. The summed E-state index contributed by atoms with van der Waals surface area (Å²) in [6, 6.07) is 9.39. The number of nitrogens with zero attached hydrogens (tertiary/aromatic N) is 1. The summed E-state index contributed by atoms with van der Waals surface area (Å²) in [6.45, 7) is 3.88. The van der Waals surface area contributed by atoms with Crippen molar-refractivity contribution in [2.75, 3.05) is 10.5 Å². The topological polar surface area (TPSA) is 74.8 Å². The van der Waals surface area contributed by atoms with E-state index in [1.807, 2.05) is 38.2 Å². The molecule has 0 atom stereocenters. The monoisotopic (exact) mass is 329 g/mol. The minimum atomic E-state index is -3.26. The van der Waals surface area contributed by atoms with Crippen LogP contribution in [0, 0.1) is 6.92 Å². The fraction of sp³-hybridized carbons (Fsp3) is 0.235. The second-order valence-electron chi connectivity index (χ2n) is 5.55. The number of benzene rings is 1. The Bertz CT molecular complexity index is 928. The molecule has 0 spiro atoms. The molecule has 0 radical (unpaired) electrons. The molecule has 0 saturated carbocycles. The number of fused-ring (bicyclic) bond motifs is 1. The number of hydrogen-bond donors (Lipinski definition) is 2. The predicted octanol–water partition coefficient (Wildman–Crippen LogP) is 3.69. The lowest BCUT2D eigenvalue weighted by Crippen LogP contribution is -2.15. The van der Waals surface area contributed by atoms with Crippen LogP contribution in [-0.4, -0.2) is 24.1 Å². The number of hydrogen-bond acceptors (Lipinski definition) is 3. The van der Waals surface area contributed by atoms with Gasteiger partial charge in [-0.15, -0.1) is 0 Å². The highest BCUT2D eigenvalue weighted by Crippen LogP contribution is 2.30. The summed E-state index contributed by atoms with van der Waals surface area (Å²) in [5.41, 5.74) is 4.68. The fourth-order valence-corrected chi connectivity index (χ4v) is 3.81. The summed E-state index contributed by atoms with van der Waals surface area (Å²) < 4.78 is 26.2. The highest BCUT2D eigenvalue weighted by Gasteiger charge is 2.11. The van der Waals surface area contributed by atoms with Crippen LogP contribution >= 0.6 is 0 Å². The molecule has 0 aliphatic rings. The predicted molar refractivity (Wildman–Crippen MR) is 94.0 cm³/mol. The number of H-pyrrole nitrogens is 1. The minimum Gasteiger partial charge on any atom is -0.346 e. The zero-order valence-electron chi connectivity index (χ0n) is 13.1. The van der Waals surface area contributed by atoms with E-state index in [9.17, 15) is 8.42 Å². The summed E-state index contributed by atoms with van der Waals surface area (Å²) >= 11 is 0. The van der Waals surface area contributed by atoms with Crippen molar-refractivity contribution in [1.29, 1.82) is 0 Å². The van der Waals surface area contributed by atoms with Gasteiger partial charge in [0.25, 0.3) is 0 Å². The third kappa shape index (κ3) is 3.22. The van der Waals surface area contributed by atoms with Crippen LogP contribution in [-0.2, 0) is 10.0 Å². The standard InChI is InChI=1S/C17H19N3O2S/c1-3-10-23(21,22)20-14-6-4-13(5-7-14)15-8-9-18-17-16(15)12(2)11-19-17/h4-9,11,20H,3,10H2,1-2H3,(H,18,19). The van der Waals surface area contributed by atoms with Crippen LogP contribution in [0.3, 0.4) is 0 Å². The van der Waals surface area contributed by atoms with Crippen molar-refractivity contribution in [1.82, 2.24) is 9.97 Å². The smallest absolute Gasteiger partial charge is 0.232 e. The van der Waals surface area contributed by atoms with Crippen molar-refractivity contribution in [3.63, 3.8) is 0 Å². The fourth-order valence-electron chi connectivity index (χ4n) is 2.68. The summed E-state index contributed by atoms with van der Waals surface area (Å²) in [5, 5.41) is 1.09. The number of rotatable bonds is 5. The van der Waals surface area contributed by atoms with Crippen molar-refractivity contribution in [3.8, 4) is 11.1 Å². The quantitative estimate of drug-likeness (QED) is 0.749. The van der Waals surface area contributed by atoms with Crippen molar-refractivity contribution < 1.29 is 8.42 Å². The molecule has 120 valence electrons.